The molecule has 0 aliphatic carbocycles. The summed E-state index contributed by atoms with van der Waals surface area (Å²) in [5.41, 5.74) is 0. The van der Waals surface area contributed by atoms with Crippen molar-refractivity contribution in [3.8, 4) is 0 Å². The molecule has 0 aromatic rings. The minimum absolute atomic E-state index is 0.809. The number of thiol groups is 1. The average molecular weight is 340 g/mol. The highest BCUT2D eigenvalue weighted by Gasteiger charge is 2.16. The van der Waals surface area contributed by atoms with Crippen molar-refractivity contribution in [2.45, 2.75) is 58.3 Å². The molecular weight excluding hydrogens is 306 g/mol. The van der Waals surface area contributed by atoms with Crippen LogP contribution in [-0.2, 0) is 0 Å². The van der Waals surface area contributed by atoms with Crippen LogP contribution >= 0.6 is 36.7 Å². The summed E-state index contributed by atoms with van der Waals surface area (Å²) >= 11 is 7.00. The second-order valence-corrected chi connectivity index (χ2v) is 7.32. The van der Waals surface area contributed by atoms with Crippen molar-refractivity contribution < 1.29 is 0 Å². The molecule has 0 aliphatic heterocycles. The van der Waals surface area contributed by atoms with Gasteiger partial charge in [-0.05, 0) is 43.9 Å². The van der Waals surface area contributed by atoms with Crippen LogP contribution in [0.4, 0.5) is 0 Å². The largest absolute Gasteiger partial charge is 0.278 e. The molecule has 0 aliphatic rings. The minimum atomic E-state index is 0.809. The zero-order valence-electron chi connectivity index (χ0n) is 12.9. The first-order valence-corrected chi connectivity index (χ1v) is 10.3. The Morgan fingerprint density at radius 1 is 0.900 bits per heavy atom. The quantitative estimate of drug-likeness (QED) is 0.206. The van der Waals surface area contributed by atoms with Crippen LogP contribution in [0.1, 0.15) is 58.3 Å². The molecular formula is C14H33N3S3. The van der Waals surface area contributed by atoms with Crippen LogP contribution in [0.3, 0.4) is 0 Å². The molecule has 0 heterocycles. The van der Waals surface area contributed by atoms with E-state index in [0.717, 1.165) is 29.9 Å². The van der Waals surface area contributed by atoms with Gasteiger partial charge in [0.25, 0.3) is 0 Å². The molecule has 0 radical (unpaired) electrons. The molecule has 20 heavy (non-hydrogen) atoms. The summed E-state index contributed by atoms with van der Waals surface area (Å²) in [6, 6.07) is 0. The number of unbranched alkanes of at least 4 members (excludes halogenated alkanes) is 2. The number of rotatable bonds is 15. The average Bonchev–Trinajstić information content (AvgIpc) is 2.45. The number of hydrogen-bond donors (Lipinski definition) is 4. The lowest BCUT2D eigenvalue weighted by atomic mass is 9.83. The molecule has 0 aromatic heterocycles. The SMILES string of the molecule is CC(CCCNS)C(CCCCCSN)CCCSN. The van der Waals surface area contributed by atoms with Crippen molar-refractivity contribution in [3.63, 3.8) is 0 Å². The van der Waals surface area contributed by atoms with E-state index in [-0.39, 0.29) is 0 Å². The van der Waals surface area contributed by atoms with E-state index in [4.69, 9.17) is 10.3 Å². The molecule has 0 fully saturated rings. The predicted molar refractivity (Wildman–Crippen MR) is 99.9 cm³/mol. The lowest BCUT2D eigenvalue weighted by Gasteiger charge is -2.24. The Kier molecular flexibility index (Phi) is 17.1. The van der Waals surface area contributed by atoms with Crippen LogP contribution < -0.4 is 15.0 Å². The van der Waals surface area contributed by atoms with Crippen LogP contribution in [-0.4, -0.2) is 18.1 Å². The van der Waals surface area contributed by atoms with Gasteiger partial charge in [-0.1, -0.05) is 62.9 Å². The maximum absolute atomic E-state index is 5.53. The van der Waals surface area contributed by atoms with Crippen molar-refractivity contribution in [1.29, 1.82) is 0 Å². The Morgan fingerprint density at radius 2 is 1.55 bits per heavy atom. The van der Waals surface area contributed by atoms with Crippen molar-refractivity contribution in [1.82, 2.24) is 4.72 Å². The molecule has 0 rings (SSSR count). The lowest BCUT2D eigenvalue weighted by Crippen LogP contribution is -2.14. The van der Waals surface area contributed by atoms with Gasteiger partial charge in [-0.2, -0.15) is 0 Å². The topological polar surface area (TPSA) is 64.1 Å². The van der Waals surface area contributed by atoms with Crippen LogP contribution in [0.15, 0.2) is 0 Å². The van der Waals surface area contributed by atoms with Crippen molar-refractivity contribution in [3.05, 3.63) is 0 Å². The van der Waals surface area contributed by atoms with Crippen molar-refractivity contribution in [2.24, 2.45) is 22.1 Å². The highest BCUT2D eigenvalue weighted by Crippen LogP contribution is 2.27. The Labute approximate surface area is 140 Å². The van der Waals surface area contributed by atoms with Gasteiger partial charge in [-0.3, -0.25) is 15.0 Å². The fourth-order valence-electron chi connectivity index (χ4n) is 2.65. The van der Waals surface area contributed by atoms with Gasteiger partial charge in [0.2, 0.25) is 0 Å². The van der Waals surface area contributed by atoms with E-state index in [1.807, 2.05) is 0 Å². The maximum Gasteiger partial charge on any atom is 0.00765 e. The Hall–Kier alpha value is 0.930. The zero-order chi connectivity index (χ0) is 15.1. The van der Waals surface area contributed by atoms with Gasteiger partial charge in [0.15, 0.2) is 0 Å². The Balaban J connectivity index is 3.91. The van der Waals surface area contributed by atoms with E-state index in [1.165, 1.54) is 75.3 Å². The summed E-state index contributed by atoms with van der Waals surface area (Å²) in [6.45, 7) is 3.42. The highest BCUT2D eigenvalue weighted by molar-refractivity contribution is 7.97. The zero-order valence-corrected chi connectivity index (χ0v) is 15.4. The van der Waals surface area contributed by atoms with E-state index in [1.54, 1.807) is 0 Å². The number of nitrogens with one attached hydrogen (secondary N) is 1. The van der Waals surface area contributed by atoms with E-state index in [9.17, 15) is 0 Å². The van der Waals surface area contributed by atoms with Crippen LogP contribution in [0.5, 0.6) is 0 Å². The Morgan fingerprint density at radius 3 is 2.20 bits per heavy atom. The molecule has 2 atom stereocenters. The van der Waals surface area contributed by atoms with Gasteiger partial charge in [0.1, 0.15) is 0 Å². The summed E-state index contributed by atoms with van der Waals surface area (Å²) in [7, 11) is 0. The summed E-state index contributed by atoms with van der Waals surface area (Å²) in [5.74, 6) is 3.85. The second kappa shape index (κ2) is 16.3. The van der Waals surface area contributed by atoms with Gasteiger partial charge in [-0.15, -0.1) is 0 Å². The van der Waals surface area contributed by atoms with Gasteiger partial charge < -0.3 is 0 Å². The summed E-state index contributed by atoms with van der Waals surface area (Å²) in [5, 5.41) is 11.0. The fourth-order valence-corrected chi connectivity index (χ4v) is 3.51. The lowest BCUT2D eigenvalue weighted by molar-refractivity contribution is 0.285. The predicted octanol–water partition coefficient (Wildman–Crippen LogP) is 4.01. The maximum atomic E-state index is 5.53. The smallest absolute Gasteiger partial charge is 0.00765 e. The highest BCUT2D eigenvalue weighted by atomic mass is 32.2. The monoisotopic (exact) mass is 339 g/mol. The van der Waals surface area contributed by atoms with Crippen molar-refractivity contribution in [2.75, 3.05) is 18.1 Å². The van der Waals surface area contributed by atoms with Crippen LogP contribution in [0, 0.1) is 11.8 Å². The van der Waals surface area contributed by atoms with E-state index in [2.05, 4.69) is 24.5 Å². The first kappa shape index (κ1) is 20.9. The molecule has 0 aromatic carbocycles. The molecule has 0 saturated heterocycles. The summed E-state index contributed by atoms with van der Waals surface area (Å²) in [6.07, 6.45) is 10.4. The number of hydrogen-bond acceptors (Lipinski definition) is 6. The molecule has 0 saturated carbocycles. The molecule has 5 N–H and O–H groups in total. The van der Waals surface area contributed by atoms with E-state index < -0.39 is 0 Å². The summed E-state index contributed by atoms with van der Waals surface area (Å²) in [4.78, 5) is 0. The van der Waals surface area contributed by atoms with Crippen LogP contribution in [0.25, 0.3) is 0 Å². The first-order valence-electron chi connectivity index (χ1n) is 7.76. The summed E-state index contributed by atoms with van der Waals surface area (Å²) < 4.78 is 2.94. The minimum Gasteiger partial charge on any atom is -0.278 e. The molecule has 0 spiro atoms. The Bertz CT molecular complexity index is 197. The fraction of sp³-hybridized carbons (Fsp3) is 1.00. The molecule has 0 amide bonds. The normalized spacial score (nSPS) is 14.4. The van der Waals surface area contributed by atoms with E-state index in [0.29, 0.717) is 0 Å². The third kappa shape index (κ3) is 12.7. The second-order valence-electron chi connectivity index (χ2n) is 5.52. The molecule has 3 nitrogen and oxygen atoms in total. The third-order valence-corrected chi connectivity index (χ3v) is 5.20. The van der Waals surface area contributed by atoms with Gasteiger partial charge in [-0.25, -0.2) is 0 Å². The molecule has 122 valence electrons. The molecule has 0 bridgehead atoms. The molecule has 2 unspecified atom stereocenters. The third-order valence-electron chi connectivity index (χ3n) is 3.93. The first-order chi connectivity index (χ1) is 9.76. The van der Waals surface area contributed by atoms with E-state index >= 15 is 0 Å². The van der Waals surface area contributed by atoms with Gasteiger partial charge in [0, 0.05) is 18.1 Å². The van der Waals surface area contributed by atoms with Crippen LogP contribution in [0.2, 0.25) is 0 Å². The number of nitrogens with two attached hydrogens (primary N) is 2. The van der Waals surface area contributed by atoms with Gasteiger partial charge >= 0.3 is 0 Å². The van der Waals surface area contributed by atoms with Gasteiger partial charge in [0.05, 0.1) is 0 Å². The van der Waals surface area contributed by atoms with Crippen molar-refractivity contribution >= 4 is 36.7 Å². The standard InChI is InChI=1S/C14H33N3S3/c1-13(7-5-10-17-18)14(9-6-12-20-16)8-3-2-4-11-19-15/h13-14,17-18H,2-12,15-16H2,1H3. The molecule has 6 heteroatoms.